The van der Waals surface area contributed by atoms with E-state index in [0.717, 1.165) is 24.4 Å². The molecule has 0 spiro atoms. The lowest BCUT2D eigenvalue weighted by Gasteiger charge is -2.36. The van der Waals surface area contributed by atoms with Crippen molar-refractivity contribution in [3.63, 3.8) is 0 Å². The fraction of sp³-hybridized carbons (Fsp3) is 0.308. The van der Waals surface area contributed by atoms with E-state index in [0.29, 0.717) is 11.7 Å². The Kier molecular flexibility index (Phi) is 2.37. The highest BCUT2D eigenvalue weighted by atomic mass is 16.5. The second-order valence-corrected chi connectivity index (χ2v) is 4.66. The van der Waals surface area contributed by atoms with Crippen LogP contribution >= 0.6 is 0 Å². The van der Waals surface area contributed by atoms with Crippen LogP contribution in [0.5, 0.6) is 0 Å². The molecular weight excluding hydrogens is 214 g/mol. The number of nitrogens with two attached hydrogens (primary N) is 1. The maximum atomic E-state index is 5.53. The SMILES string of the molecule is CN1CC(c2ccc(-c3cc(N)no3)cc2)C1. The molecule has 2 heterocycles. The molecule has 0 saturated carbocycles. The highest BCUT2D eigenvalue weighted by Gasteiger charge is 2.24. The summed E-state index contributed by atoms with van der Waals surface area (Å²) in [5.41, 5.74) is 7.94. The molecule has 17 heavy (non-hydrogen) atoms. The molecule has 1 aromatic carbocycles. The molecule has 0 bridgehead atoms. The smallest absolute Gasteiger partial charge is 0.169 e. The zero-order valence-electron chi connectivity index (χ0n) is 9.76. The third-order valence-electron chi connectivity index (χ3n) is 3.26. The van der Waals surface area contributed by atoms with Gasteiger partial charge in [-0.05, 0) is 12.6 Å². The summed E-state index contributed by atoms with van der Waals surface area (Å²) in [6.07, 6.45) is 0. The molecule has 2 aromatic rings. The van der Waals surface area contributed by atoms with Gasteiger partial charge in [-0.3, -0.25) is 0 Å². The van der Waals surface area contributed by atoms with Crippen molar-refractivity contribution in [2.45, 2.75) is 5.92 Å². The Labute approximate surface area is 100 Å². The van der Waals surface area contributed by atoms with E-state index >= 15 is 0 Å². The molecule has 2 N–H and O–H groups in total. The molecule has 0 amide bonds. The van der Waals surface area contributed by atoms with Crippen LogP contribution in [0.3, 0.4) is 0 Å². The van der Waals surface area contributed by atoms with Crippen LogP contribution in [0.4, 0.5) is 5.82 Å². The Morgan fingerprint density at radius 1 is 1.29 bits per heavy atom. The molecule has 3 rings (SSSR count). The average molecular weight is 229 g/mol. The minimum Gasteiger partial charge on any atom is -0.381 e. The second kappa shape index (κ2) is 3.89. The molecule has 0 atom stereocenters. The average Bonchev–Trinajstić information content (AvgIpc) is 2.72. The molecule has 0 radical (unpaired) electrons. The van der Waals surface area contributed by atoms with Gasteiger partial charge in [0.15, 0.2) is 11.6 Å². The molecule has 0 unspecified atom stereocenters. The minimum atomic E-state index is 0.421. The van der Waals surface area contributed by atoms with Crippen LogP contribution in [0.25, 0.3) is 11.3 Å². The van der Waals surface area contributed by atoms with E-state index in [2.05, 4.69) is 41.4 Å². The predicted octanol–water partition coefficient (Wildman–Crippen LogP) is 1.95. The summed E-state index contributed by atoms with van der Waals surface area (Å²) in [5, 5.41) is 3.68. The normalized spacial score (nSPS) is 17.0. The van der Waals surface area contributed by atoms with Crippen LogP contribution in [0.1, 0.15) is 11.5 Å². The van der Waals surface area contributed by atoms with Crippen molar-refractivity contribution >= 4 is 5.82 Å². The predicted molar refractivity (Wildman–Crippen MR) is 66.6 cm³/mol. The number of nitrogen functional groups attached to an aromatic ring is 1. The number of rotatable bonds is 2. The van der Waals surface area contributed by atoms with Gasteiger partial charge in [0.05, 0.1) is 0 Å². The number of nitrogens with zero attached hydrogens (tertiary/aromatic N) is 2. The third-order valence-corrected chi connectivity index (χ3v) is 3.26. The lowest BCUT2D eigenvalue weighted by Crippen LogP contribution is -2.41. The van der Waals surface area contributed by atoms with Gasteiger partial charge in [0.1, 0.15) is 0 Å². The molecule has 4 nitrogen and oxygen atoms in total. The summed E-state index contributed by atoms with van der Waals surface area (Å²) < 4.78 is 5.12. The van der Waals surface area contributed by atoms with Gasteiger partial charge < -0.3 is 15.2 Å². The number of likely N-dealkylation sites (N-methyl/N-ethyl adjacent to an activating group) is 1. The Balaban J connectivity index is 1.80. The summed E-state index contributed by atoms with van der Waals surface area (Å²) in [5.74, 6) is 1.82. The molecule has 1 aromatic heterocycles. The van der Waals surface area contributed by atoms with E-state index in [9.17, 15) is 0 Å². The van der Waals surface area contributed by atoms with Crippen LogP contribution in [0.2, 0.25) is 0 Å². The number of hydrogen-bond donors (Lipinski definition) is 1. The first kappa shape index (κ1) is 10.4. The molecule has 88 valence electrons. The van der Waals surface area contributed by atoms with E-state index in [1.807, 2.05) is 0 Å². The number of aromatic nitrogens is 1. The van der Waals surface area contributed by atoms with Crippen molar-refractivity contribution in [3.8, 4) is 11.3 Å². The Hall–Kier alpha value is -1.81. The molecule has 1 aliphatic rings. The number of likely N-dealkylation sites (tertiary alicyclic amines) is 1. The first-order chi connectivity index (χ1) is 8.22. The fourth-order valence-corrected chi connectivity index (χ4v) is 2.25. The summed E-state index contributed by atoms with van der Waals surface area (Å²) >= 11 is 0. The molecule has 4 heteroatoms. The van der Waals surface area contributed by atoms with E-state index in [4.69, 9.17) is 10.3 Å². The lowest BCUT2D eigenvalue weighted by atomic mass is 9.91. The monoisotopic (exact) mass is 229 g/mol. The zero-order chi connectivity index (χ0) is 11.8. The maximum Gasteiger partial charge on any atom is 0.169 e. The third kappa shape index (κ3) is 1.91. The Morgan fingerprint density at radius 3 is 2.53 bits per heavy atom. The van der Waals surface area contributed by atoms with Gasteiger partial charge in [-0.15, -0.1) is 0 Å². The van der Waals surface area contributed by atoms with Crippen molar-refractivity contribution in [3.05, 3.63) is 35.9 Å². The zero-order valence-corrected chi connectivity index (χ0v) is 9.76. The first-order valence-electron chi connectivity index (χ1n) is 5.73. The molecule has 1 aliphatic heterocycles. The fourth-order valence-electron chi connectivity index (χ4n) is 2.25. The van der Waals surface area contributed by atoms with Crippen molar-refractivity contribution in [1.29, 1.82) is 0 Å². The van der Waals surface area contributed by atoms with Gasteiger partial charge in [-0.2, -0.15) is 0 Å². The van der Waals surface area contributed by atoms with Gasteiger partial charge >= 0.3 is 0 Å². The Bertz CT molecular complexity index is 512. The molecular formula is C13H15N3O. The van der Waals surface area contributed by atoms with E-state index in [1.165, 1.54) is 5.56 Å². The highest BCUT2D eigenvalue weighted by molar-refractivity contribution is 5.60. The van der Waals surface area contributed by atoms with Crippen LogP contribution in [-0.2, 0) is 0 Å². The first-order valence-corrected chi connectivity index (χ1v) is 5.73. The van der Waals surface area contributed by atoms with Gasteiger partial charge in [0.2, 0.25) is 0 Å². The molecule has 1 saturated heterocycles. The summed E-state index contributed by atoms with van der Waals surface area (Å²) in [6.45, 7) is 2.29. The van der Waals surface area contributed by atoms with Crippen molar-refractivity contribution in [1.82, 2.24) is 10.1 Å². The van der Waals surface area contributed by atoms with Crippen LogP contribution in [-0.4, -0.2) is 30.2 Å². The van der Waals surface area contributed by atoms with Crippen LogP contribution in [0, 0.1) is 0 Å². The minimum absolute atomic E-state index is 0.421. The van der Waals surface area contributed by atoms with Crippen molar-refractivity contribution < 1.29 is 4.52 Å². The Morgan fingerprint density at radius 2 is 2.00 bits per heavy atom. The van der Waals surface area contributed by atoms with Crippen molar-refractivity contribution in [2.75, 3.05) is 25.9 Å². The number of anilines is 1. The van der Waals surface area contributed by atoms with Gasteiger partial charge in [-0.25, -0.2) is 0 Å². The van der Waals surface area contributed by atoms with Crippen LogP contribution < -0.4 is 5.73 Å². The van der Waals surface area contributed by atoms with E-state index in [-0.39, 0.29) is 0 Å². The largest absolute Gasteiger partial charge is 0.381 e. The highest BCUT2D eigenvalue weighted by Crippen LogP contribution is 2.28. The van der Waals surface area contributed by atoms with Gasteiger partial charge in [0, 0.05) is 30.6 Å². The van der Waals surface area contributed by atoms with E-state index in [1.54, 1.807) is 6.07 Å². The second-order valence-electron chi connectivity index (χ2n) is 4.66. The van der Waals surface area contributed by atoms with Gasteiger partial charge in [0.25, 0.3) is 0 Å². The molecule has 0 aliphatic carbocycles. The van der Waals surface area contributed by atoms with Gasteiger partial charge in [-0.1, -0.05) is 29.4 Å². The van der Waals surface area contributed by atoms with E-state index < -0.39 is 0 Å². The lowest BCUT2D eigenvalue weighted by molar-refractivity contribution is 0.190. The maximum absolute atomic E-state index is 5.53. The quantitative estimate of drug-likeness (QED) is 0.855. The molecule has 1 fully saturated rings. The number of benzene rings is 1. The number of hydrogen-bond acceptors (Lipinski definition) is 4. The summed E-state index contributed by atoms with van der Waals surface area (Å²) in [4.78, 5) is 2.32. The topological polar surface area (TPSA) is 55.3 Å². The van der Waals surface area contributed by atoms with Crippen LogP contribution in [0.15, 0.2) is 34.9 Å². The van der Waals surface area contributed by atoms with Crippen molar-refractivity contribution in [2.24, 2.45) is 0 Å². The summed E-state index contributed by atoms with van der Waals surface area (Å²) in [6, 6.07) is 10.2. The standard InChI is InChI=1S/C13H15N3O/c1-16-7-11(8-16)9-2-4-10(5-3-9)12-6-13(14)15-17-12/h2-6,11H,7-8H2,1H3,(H2,14,15). The summed E-state index contributed by atoms with van der Waals surface area (Å²) in [7, 11) is 2.14.